The zero-order valence-corrected chi connectivity index (χ0v) is 16.5. The maximum Gasteiger partial charge on any atom is 0.0375 e. The molecule has 0 bridgehead atoms. The van der Waals surface area contributed by atoms with Crippen molar-refractivity contribution in [1.29, 1.82) is 0 Å². The van der Waals surface area contributed by atoms with E-state index in [1.54, 1.807) is 0 Å². The van der Waals surface area contributed by atoms with Crippen LogP contribution >= 0.6 is 0 Å². The van der Waals surface area contributed by atoms with Gasteiger partial charge in [-0.2, -0.15) is 0 Å². The lowest BCUT2D eigenvalue weighted by Gasteiger charge is -2.17. The predicted molar refractivity (Wildman–Crippen MR) is 105 cm³/mol. The van der Waals surface area contributed by atoms with Crippen LogP contribution in [0.1, 0.15) is 83.8 Å². The van der Waals surface area contributed by atoms with E-state index in [9.17, 15) is 4.21 Å². The minimum absolute atomic E-state index is 0.0523. The number of hydrogen-bond acceptors (Lipinski definition) is 1. The first-order chi connectivity index (χ1) is 10.9. The molecule has 1 atom stereocenters. The fourth-order valence-electron chi connectivity index (χ4n) is 2.65. The minimum atomic E-state index is -0.679. The van der Waals surface area contributed by atoms with Gasteiger partial charge in [-0.3, -0.25) is 4.21 Å². The Labute approximate surface area is 146 Å². The molecular formula is C21H36OS. The van der Waals surface area contributed by atoms with Gasteiger partial charge < -0.3 is 0 Å². The highest BCUT2D eigenvalue weighted by molar-refractivity contribution is 7.86. The zero-order chi connectivity index (χ0) is 17.1. The summed E-state index contributed by atoms with van der Waals surface area (Å²) in [4.78, 5) is 0. The number of benzene rings is 1. The summed E-state index contributed by atoms with van der Waals surface area (Å²) in [6, 6.07) is 9.20. The summed E-state index contributed by atoms with van der Waals surface area (Å²) in [5, 5.41) is 0. The molecule has 1 unspecified atom stereocenters. The second kappa shape index (κ2) is 11.0. The minimum Gasteiger partial charge on any atom is -0.259 e. The van der Waals surface area contributed by atoms with E-state index in [0.29, 0.717) is 0 Å². The molecule has 0 heterocycles. The molecule has 1 rings (SSSR count). The Bertz CT molecular complexity index is 442. The van der Waals surface area contributed by atoms with Crippen molar-refractivity contribution >= 4 is 10.8 Å². The van der Waals surface area contributed by atoms with Crippen LogP contribution in [-0.2, 0) is 23.6 Å². The van der Waals surface area contributed by atoms with E-state index in [4.69, 9.17) is 0 Å². The zero-order valence-electron chi connectivity index (χ0n) is 15.7. The van der Waals surface area contributed by atoms with Crippen LogP contribution in [-0.4, -0.2) is 14.7 Å². The van der Waals surface area contributed by atoms with Gasteiger partial charge in [0.15, 0.2) is 0 Å². The lowest BCUT2D eigenvalue weighted by molar-refractivity contribution is 0.619. The molecule has 1 aromatic carbocycles. The number of unbranched alkanes of at least 4 members (excludes halogenated alkanes) is 5. The number of aryl methyl sites for hydroxylation is 2. The van der Waals surface area contributed by atoms with Gasteiger partial charge in [-0.15, -0.1) is 0 Å². The maximum absolute atomic E-state index is 11.9. The van der Waals surface area contributed by atoms with Gasteiger partial charge in [-0.05, 0) is 64.0 Å². The summed E-state index contributed by atoms with van der Waals surface area (Å²) < 4.78 is 11.9. The summed E-state index contributed by atoms with van der Waals surface area (Å²) in [5.74, 6) is 0.864. The largest absolute Gasteiger partial charge is 0.259 e. The van der Waals surface area contributed by atoms with Crippen LogP contribution in [0.2, 0.25) is 0 Å². The second-order valence-electron chi connectivity index (χ2n) is 7.60. The smallest absolute Gasteiger partial charge is 0.0375 e. The van der Waals surface area contributed by atoms with Crippen molar-refractivity contribution in [3.05, 3.63) is 35.4 Å². The Hall–Kier alpha value is -0.630. The van der Waals surface area contributed by atoms with Crippen LogP contribution in [0.15, 0.2) is 24.3 Å². The van der Waals surface area contributed by atoms with Gasteiger partial charge in [0.2, 0.25) is 0 Å². The summed E-state index contributed by atoms with van der Waals surface area (Å²) in [6.07, 6.45) is 11.1. The molecule has 0 aliphatic rings. The van der Waals surface area contributed by atoms with E-state index in [2.05, 4.69) is 52.0 Å². The normalized spacial score (nSPS) is 13.2. The molecule has 0 saturated heterocycles. The fourth-order valence-corrected chi connectivity index (χ4v) is 3.73. The Morgan fingerprint density at radius 3 is 1.78 bits per heavy atom. The molecule has 0 spiro atoms. The molecule has 1 aromatic rings. The highest BCUT2D eigenvalue weighted by Gasteiger charge is 2.18. The molecule has 0 aromatic heterocycles. The van der Waals surface area contributed by atoms with Crippen molar-refractivity contribution < 1.29 is 4.21 Å². The van der Waals surface area contributed by atoms with Crippen LogP contribution in [0, 0.1) is 0 Å². The van der Waals surface area contributed by atoms with Gasteiger partial charge in [-0.25, -0.2) is 0 Å². The standard InChI is InChI=1S/C21H36OS/c1-5-6-12-19-14-16-20(17-15-19)13-10-8-7-9-11-18-23(22)21(2,3)4/h14-17H,5-13,18H2,1-4H3. The van der Waals surface area contributed by atoms with Gasteiger partial charge in [-0.1, -0.05) is 56.9 Å². The van der Waals surface area contributed by atoms with Crippen molar-refractivity contribution in [2.24, 2.45) is 0 Å². The first-order valence-electron chi connectivity index (χ1n) is 9.40. The Kier molecular flexibility index (Phi) is 9.78. The highest BCUT2D eigenvalue weighted by atomic mass is 32.2. The molecule has 132 valence electrons. The monoisotopic (exact) mass is 336 g/mol. The summed E-state index contributed by atoms with van der Waals surface area (Å²) in [7, 11) is -0.679. The van der Waals surface area contributed by atoms with Gasteiger partial charge in [0, 0.05) is 21.3 Å². The Morgan fingerprint density at radius 1 is 0.783 bits per heavy atom. The molecule has 23 heavy (non-hydrogen) atoms. The van der Waals surface area contributed by atoms with Crippen molar-refractivity contribution in [3.63, 3.8) is 0 Å². The molecule has 0 N–H and O–H groups in total. The molecule has 2 heteroatoms. The lowest BCUT2D eigenvalue weighted by atomic mass is 10.0. The molecule has 0 radical (unpaired) electrons. The third-order valence-corrected chi connectivity index (χ3v) is 6.35. The van der Waals surface area contributed by atoms with Crippen LogP contribution in [0.3, 0.4) is 0 Å². The Balaban J connectivity index is 2.08. The third-order valence-electron chi connectivity index (χ3n) is 4.32. The number of rotatable bonds is 11. The highest BCUT2D eigenvalue weighted by Crippen LogP contribution is 2.15. The first-order valence-corrected chi connectivity index (χ1v) is 10.7. The van der Waals surface area contributed by atoms with Gasteiger partial charge >= 0.3 is 0 Å². The van der Waals surface area contributed by atoms with E-state index in [1.807, 2.05) is 0 Å². The quantitative estimate of drug-likeness (QED) is 0.448. The third kappa shape index (κ3) is 9.30. The number of hydrogen-bond donors (Lipinski definition) is 0. The maximum atomic E-state index is 11.9. The topological polar surface area (TPSA) is 17.1 Å². The van der Waals surface area contributed by atoms with Crippen molar-refractivity contribution in [3.8, 4) is 0 Å². The Morgan fingerprint density at radius 2 is 1.26 bits per heavy atom. The van der Waals surface area contributed by atoms with Crippen LogP contribution in [0.25, 0.3) is 0 Å². The first kappa shape index (κ1) is 20.4. The molecule has 1 nitrogen and oxygen atoms in total. The van der Waals surface area contributed by atoms with Crippen LogP contribution in [0.5, 0.6) is 0 Å². The fraction of sp³-hybridized carbons (Fsp3) is 0.714. The molecule has 0 fully saturated rings. The lowest BCUT2D eigenvalue weighted by Crippen LogP contribution is -2.23. The van der Waals surface area contributed by atoms with E-state index in [1.165, 1.54) is 62.5 Å². The SMILES string of the molecule is CCCCc1ccc(CCCCCCCS(=O)C(C)(C)C)cc1. The van der Waals surface area contributed by atoms with Crippen molar-refractivity contribution in [2.45, 2.75) is 90.2 Å². The van der Waals surface area contributed by atoms with Crippen molar-refractivity contribution in [1.82, 2.24) is 0 Å². The average molecular weight is 337 g/mol. The predicted octanol–water partition coefficient (Wildman–Crippen LogP) is 6.07. The van der Waals surface area contributed by atoms with Crippen LogP contribution < -0.4 is 0 Å². The summed E-state index contributed by atoms with van der Waals surface area (Å²) in [6.45, 7) is 8.44. The van der Waals surface area contributed by atoms with E-state index < -0.39 is 10.8 Å². The van der Waals surface area contributed by atoms with E-state index in [0.717, 1.165) is 12.2 Å². The molecule has 0 amide bonds. The molecular weight excluding hydrogens is 300 g/mol. The molecule has 0 saturated carbocycles. The van der Waals surface area contributed by atoms with Crippen LogP contribution in [0.4, 0.5) is 0 Å². The summed E-state index contributed by atoms with van der Waals surface area (Å²) >= 11 is 0. The van der Waals surface area contributed by atoms with Gasteiger partial charge in [0.25, 0.3) is 0 Å². The van der Waals surface area contributed by atoms with Crippen molar-refractivity contribution in [2.75, 3.05) is 5.75 Å². The van der Waals surface area contributed by atoms with E-state index in [-0.39, 0.29) is 4.75 Å². The molecule has 0 aliphatic heterocycles. The second-order valence-corrected chi connectivity index (χ2v) is 9.92. The van der Waals surface area contributed by atoms with E-state index >= 15 is 0 Å². The summed E-state index contributed by atoms with van der Waals surface area (Å²) in [5.41, 5.74) is 2.95. The average Bonchev–Trinajstić information content (AvgIpc) is 2.52. The molecule has 0 aliphatic carbocycles. The van der Waals surface area contributed by atoms with Gasteiger partial charge in [0.05, 0.1) is 0 Å². The van der Waals surface area contributed by atoms with Gasteiger partial charge in [0.1, 0.15) is 0 Å².